The van der Waals surface area contributed by atoms with Crippen molar-refractivity contribution in [3.05, 3.63) is 41.9 Å². The van der Waals surface area contributed by atoms with Gasteiger partial charge in [-0.05, 0) is 12.1 Å². The predicted octanol–water partition coefficient (Wildman–Crippen LogP) is 1.78. The summed E-state index contributed by atoms with van der Waals surface area (Å²) in [5, 5.41) is 9.00. The van der Waals surface area contributed by atoms with Crippen molar-refractivity contribution >= 4 is 5.97 Å². The van der Waals surface area contributed by atoms with Crippen LogP contribution in [0.1, 0.15) is 16.2 Å². The summed E-state index contributed by atoms with van der Waals surface area (Å²) >= 11 is 0. The quantitative estimate of drug-likeness (QED) is 0.874. The fraction of sp³-hybridized carbons (Fsp3) is 0.231. The number of aromatic nitrogens is 2. The second-order valence-corrected chi connectivity index (χ2v) is 4.15. The van der Waals surface area contributed by atoms with Gasteiger partial charge in [0.05, 0.1) is 24.1 Å². The lowest BCUT2D eigenvalue weighted by atomic mass is 10.1. The van der Waals surface area contributed by atoms with Crippen LogP contribution in [-0.4, -0.2) is 27.2 Å². The van der Waals surface area contributed by atoms with Gasteiger partial charge in [-0.1, -0.05) is 12.1 Å². The molecule has 0 saturated carbocycles. The second kappa shape index (κ2) is 4.27. The summed E-state index contributed by atoms with van der Waals surface area (Å²) in [6, 6.07) is 6.90. The van der Waals surface area contributed by atoms with Gasteiger partial charge in [0.1, 0.15) is 12.4 Å². The van der Waals surface area contributed by atoms with Crippen LogP contribution in [0.5, 0.6) is 0 Å². The Labute approximate surface area is 104 Å². The molecule has 0 spiro atoms. The smallest absolute Gasteiger partial charge is 0.335 e. The van der Waals surface area contributed by atoms with E-state index >= 15 is 0 Å². The Morgan fingerprint density at radius 2 is 2.33 bits per heavy atom. The summed E-state index contributed by atoms with van der Waals surface area (Å²) in [5.74, 6) is -0.0319. The van der Waals surface area contributed by atoms with E-state index in [2.05, 4.69) is 9.55 Å². The number of aromatic carboxylic acids is 1. The highest BCUT2D eigenvalue weighted by molar-refractivity contribution is 5.89. The molecule has 2 aromatic rings. The van der Waals surface area contributed by atoms with Crippen LogP contribution < -0.4 is 0 Å². The van der Waals surface area contributed by atoms with Gasteiger partial charge in [-0.25, -0.2) is 9.78 Å². The maximum absolute atomic E-state index is 11.0. The van der Waals surface area contributed by atoms with Crippen molar-refractivity contribution in [2.45, 2.75) is 13.2 Å². The third kappa shape index (κ3) is 1.78. The van der Waals surface area contributed by atoms with Crippen LogP contribution in [0, 0.1) is 0 Å². The minimum Gasteiger partial charge on any atom is -0.478 e. The highest BCUT2D eigenvalue weighted by atomic mass is 16.5. The topological polar surface area (TPSA) is 64.3 Å². The van der Waals surface area contributed by atoms with Crippen molar-refractivity contribution in [3.8, 4) is 11.3 Å². The first-order valence-electron chi connectivity index (χ1n) is 5.71. The molecule has 92 valence electrons. The molecule has 0 bridgehead atoms. The molecule has 0 saturated heterocycles. The molecule has 0 unspecified atom stereocenters. The maximum atomic E-state index is 11.0. The van der Waals surface area contributed by atoms with E-state index < -0.39 is 5.97 Å². The summed E-state index contributed by atoms with van der Waals surface area (Å²) in [7, 11) is 0. The van der Waals surface area contributed by atoms with Crippen molar-refractivity contribution in [3.63, 3.8) is 0 Å². The molecule has 1 aliphatic rings. The van der Waals surface area contributed by atoms with Gasteiger partial charge in [-0.15, -0.1) is 0 Å². The minimum atomic E-state index is -0.918. The summed E-state index contributed by atoms with van der Waals surface area (Å²) < 4.78 is 7.40. The third-order valence-corrected chi connectivity index (χ3v) is 3.03. The highest BCUT2D eigenvalue weighted by Gasteiger charge is 2.16. The minimum absolute atomic E-state index is 0.287. The summed E-state index contributed by atoms with van der Waals surface area (Å²) in [5.41, 5.74) is 2.10. The lowest BCUT2D eigenvalue weighted by molar-refractivity contribution is 0.0697. The van der Waals surface area contributed by atoms with Crippen molar-refractivity contribution in [2.75, 3.05) is 6.61 Å². The molecule has 5 heteroatoms. The molecular weight excluding hydrogens is 232 g/mol. The number of carboxylic acids is 1. The fourth-order valence-corrected chi connectivity index (χ4v) is 2.14. The fourth-order valence-electron chi connectivity index (χ4n) is 2.14. The third-order valence-electron chi connectivity index (χ3n) is 3.03. The number of fused-ring (bicyclic) bond motifs is 1. The van der Waals surface area contributed by atoms with Crippen LogP contribution in [0.15, 0.2) is 30.5 Å². The van der Waals surface area contributed by atoms with Crippen LogP contribution in [0.25, 0.3) is 11.3 Å². The molecule has 0 radical (unpaired) electrons. The molecule has 0 fully saturated rings. The van der Waals surface area contributed by atoms with Gasteiger partial charge in [-0.3, -0.25) is 0 Å². The van der Waals surface area contributed by atoms with Gasteiger partial charge in [0.25, 0.3) is 0 Å². The summed E-state index contributed by atoms with van der Waals surface area (Å²) in [6.45, 7) is 1.93. The van der Waals surface area contributed by atoms with Crippen molar-refractivity contribution in [1.82, 2.24) is 9.55 Å². The molecule has 1 aliphatic heterocycles. The second-order valence-electron chi connectivity index (χ2n) is 4.15. The first-order valence-corrected chi connectivity index (χ1v) is 5.71. The Hall–Kier alpha value is -2.14. The zero-order chi connectivity index (χ0) is 12.5. The van der Waals surface area contributed by atoms with Crippen molar-refractivity contribution < 1.29 is 14.6 Å². The number of nitrogens with zero attached hydrogens (tertiary/aromatic N) is 2. The van der Waals surface area contributed by atoms with E-state index in [0.717, 1.165) is 23.6 Å². The monoisotopic (exact) mass is 244 g/mol. The van der Waals surface area contributed by atoms with Crippen LogP contribution in [0.3, 0.4) is 0 Å². The van der Waals surface area contributed by atoms with Crippen LogP contribution in [-0.2, 0) is 17.9 Å². The van der Waals surface area contributed by atoms with E-state index in [0.29, 0.717) is 13.2 Å². The number of ether oxygens (including phenoxy) is 1. The maximum Gasteiger partial charge on any atom is 0.335 e. The Morgan fingerprint density at radius 3 is 3.17 bits per heavy atom. The lowest BCUT2D eigenvalue weighted by Gasteiger charge is -2.17. The average molecular weight is 244 g/mol. The van der Waals surface area contributed by atoms with Gasteiger partial charge >= 0.3 is 5.97 Å². The highest BCUT2D eigenvalue weighted by Crippen LogP contribution is 2.24. The number of benzene rings is 1. The molecule has 18 heavy (non-hydrogen) atoms. The Bertz CT molecular complexity index is 604. The van der Waals surface area contributed by atoms with Gasteiger partial charge in [0, 0.05) is 12.1 Å². The van der Waals surface area contributed by atoms with Gasteiger partial charge in [0.2, 0.25) is 0 Å². The molecule has 0 amide bonds. The summed E-state index contributed by atoms with van der Waals surface area (Å²) in [6.07, 6.45) is 1.77. The van der Waals surface area contributed by atoms with E-state index in [1.807, 2.05) is 6.07 Å². The Balaban J connectivity index is 2.07. The molecule has 2 heterocycles. The molecule has 1 aromatic carbocycles. The van der Waals surface area contributed by atoms with Crippen LogP contribution in [0.4, 0.5) is 0 Å². The van der Waals surface area contributed by atoms with Crippen molar-refractivity contribution in [1.29, 1.82) is 0 Å². The number of imidazole rings is 1. The molecule has 1 aromatic heterocycles. The lowest BCUT2D eigenvalue weighted by Crippen LogP contribution is -2.17. The molecule has 3 rings (SSSR count). The normalized spacial score (nSPS) is 14.2. The van der Waals surface area contributed by atoms with E-state index in [-0.39, 0.29) is 5.56 Å². The average Bonchev–Trinajstić information content (AvgIpc) is 2.82. The van der Waals surface area contributed by atoms with E-state index in [4.69, 9.17) is 9.84 Å². The SMILES string of the molecule is O=C(O)c1cccc(-c2cnc3n2CCOC3)c1. The zero-order valence-electron chi connectivity index (χ0n) is 9.67. The zero-order valence-corrected chi connectivity index (χ0v) is 9.67. The van der Waals surface area contributed by atoms with E-state index in [1.165, 1.54) is 0 Å². The van der Waals surface area contributed by atoms with Crippen LogP contribution in [0.2, 0.25) is 0 Å². The summed E-state index contributed by atoms with van der Waals surface area (Å²) in [4.78, 5) is 15.3. The van der Waals surface area contributed by atoms with E-state index in [1.54, 1.807) is 24.4 Å². The first kappa shape index (κ1) is 11.0. The van der Waals surface area contributed by atoms with Gasteiger partial charge in [0.15, 0.2) is 0 Å². The molecule has 0 aliphatic carbocycles. The molecule has 5 nitrogen and oxygen atoms in total. The number of rotatable bonds is 2. The number of hydrogen-bond donors (Lipinski definition) is 1. The number of carboxylic acid groups (broad SMARTS) is 1. The Kier molecular flexibility index (Phi) is 2.60. The standard InChI is InChI=1S/C13H12N2O3/c16-13(17)10-3-1-2-9(6-10)11-7-14-12-8-18-5-4-15(11)12/h1-3,6-7H,4-5,8H2,(H,16,17). The van der Waals surface area contributed by atoms with Gasteiger partial charge in [-0.2, -0.15) is 0 Å². The largest absolute Gasteiger partial charge is 0.478 e. The van der Waals surface area contributed by atoms with Gasteiger partial charge < -0.3 is 14.4 Å². The van der Waals surface area contributed by atoms with Crippen molar-refractivity contribution in [2.24, 2.45) is 0 Å². The number of carbonyl (C=O) groups is 1. The van der Waals surface area contributed by atoms with Crippen LogP contribution >= 0.6 is 0 Å². The molecule has 0 atom stereocenters. The predicted molar refractivity (Wildman–Crippen MR) is 64.3 cm³/mol. The Morgan fingerprint density at radius 1 is 1.44 bits per heavy atom. The first-order chi connectivity index (χ1) is 8.75. The number of hydrogen-bond acceptors (Lipinski definition) is 3. The van der Waals surface area contributed by atoms with E-state index in [9.17, 15) is 4.79 Å². The molecule has 1 N–H and O–H groups in total. The molecular formula is C13H12N2O3.